The molecule has 2 aliphatic rings. The van der Waals surface area contributed by atoms with Gasteiger partial charge in [-0.2, -0.15) is 0 Å². The highest BCUT2D eigenvalue weighted by molar-refractivity contribution is 9.10. The fourth-order valence-electron chi connectivity index (χ4n) is 3.93. The molecule has 1 aliphatic heterocycles. The fraction of sp³-hybridized carbons (Fsp3) is 0.647. The third kappa shape index (κ3) is 3.37. The molecule has 0 aromatic heterocycles. The second-order valence-corrected chi connectivity index (χ2v) is 7.33. The first kappa shape index (κ1) is 14.4. The van der Waals surface area contributed by atoms with Gasteiger partial charge in [0.05, 0.1) is 0 Å². The van der Waals surface area contributed by atoms with Gasteiger partial charge >= 0.3 is 0 Å². The van der Waals surface area contributed by atoms with E-state index in [4.69, 9.17) is 0 Å². The van der Waals surface area contributed by atoms with Crippen LogP contribution in [0.3, 0.4) is 0 Å². The van der Waals surface area contributed by atoms with E-state index >= 15 is 0 Å². The van der Waals surface area contributed by atoms with Crippen molar-refractivity contribution >= 4 is 21.6 Å². The van der Waals surface area contributed by atoms with Crippen LogP contribution >= 0.6 is 15.9 Å². The minimum atomic E-state index is 0.638. The molecule has 1 aromatic rings. The summed E-state index contributed by atoms with van der Waals surface area (Å²) in [5, 5.41) is 7.55. The fourth-order valence-corrected chi connectivity index (χ4v) is 4.54. The van der Waals surface area contributed by atoms with Crippen LogP contribution < -0.4 is 10.6 Å². The third-order valence-electron chi connectivity index (χ3n) is 4.83. The van der Waals surface area contributed by atoms with Gasteiger partial charge < -0.3 is 10.6 Å². The lowest BCUT2D eigenvalue weighted by Crippen LogP contribution is -2.44. The molecule has 3 atom stereocenters. The molecule has 2 nitrogen and oxygen atoms in total. The van der Waals surface area contributed by atoms with Gasteiger partial charge in [-0.3, -0.25) is 0 Å². The monoisotopic (exact) mass is 336 g/mol. The smallest absolute Gasteiger partial charge is 0.0356 e. The van der Waals surface area contributed by atoms with Crippen molar-refractivity contribution in [2.45, 2.75) is 57.5 Å². The van der Waals surface area contributed by atoms with Crippen LogP contribution in [0.15, 0.2) is 22.7 Å². The molecule has 0 radical (unpaired) electrons. The third-order valence-corrected chi connectivity index (χ3v) is 5.29. The minimum absolute atomic E-state index is 0.638. The first-order valence-corrected chi connectivity index (χ1v) is 8.79. The standard InChI is InChI=1S/C17H25BrN2/c1-12-9-13(18)11-14(10-12)20-17-7-4-5-15(17)16-6-2-3-8-19-16/h9-11,15-17,19-20H,2-8H2,1H3. The Morgan fingerprint density at radius 3 is 2.75 bits per heavy atom. The van der Waals surface area contributed by atoms with Crippen molar-refractivity contribution in [2.75, 3.05) is 11.9 Å². The van der Waals surface area contributed by atoms with Crippen molar-refractivity contribution in [1.82, 2.24) is 5.32 Å². The number of rotatable bonds is 3. The van der Waals surface area contributed by atoms with E-state index in [2.05, 4.69) is 51.7 Å². The van der Waals surface area contributed by atoms with Crippen LogP contribution in [0.5, 0.6) is 0 Å². The van der Waals surface area contributed by atoms with Gasteiger partial charge in [-0.15, -0.1) is 0 Å². The van der Waals surface area contributed by atoms with Crippen LogP contribution in [0, 0.1) is 12.8 Å². The largest absolute Gasteiger partial charge is 0.382 e. The molecule has 0 spiro atoms. The number of hydrogen-bond acceptors (Lipinski definition) is 2. The molecule has 110 valence electrons. The number of piperidine rings is 1. The zero-order valence-corrected chi connectivity index (χ0v) is 13.9. The molecular formula is C17H25BrN2. The second kappa shape index (κ2) is 6.48. The Hall–Kier alpha value is -0.540. The molecule has 2 fully saturated rings. The summed E-state index contributed by atoms with van der Waals surface area (Å²) < 4.78 is 1.17. The average Bonchev–Trinajstić information content (AvgIpc) is 2.86. The normalized spacial score (nSPS) is 30.4. The van der Waals surface area contributed by atoms with E-state index in [1.807, 2.05) is 0 Å². The zero-order chi connectivity index (χ0) is 13.9. The summed E-state index contributed by atoms with van der Waals surface area (Å²) in [5.41, 5.74) is 2.58. The second-order valence-electron chi connectivity index (χ2n) is 6.42. The van der Waals surface area contributed by atoms with Crippen molar-refractivity contribution < 1.29 is 0 Å². The number of halogens is 1. The first-order chi connectivity index (χ1) is 9.72. The van der Waals surface area contributed by atoms with Gasteiger partial charge in [0, 0.05) is 22.2 Å². The molecule has 0 bridgehead atoms. The summed E-state index contributed by atoms with van der Waals surface area (Å²) in [4.78, 5) is 0. The Labute approximate surface area is 130 Å². The maximum Gasteiger partial charge on any atom is 0.0356 e. The van der Waals surface area contributed by atoms with Crippen molar-refractivity contribution in [3.05, 3.63) is 28.2 Å². The number of hydrogen-bond donors (Lipinski definition) is 2. The maximum absolute atomic E-state index is 3.80. The number of benzene rings is 1. The molecule has 20 heavy (non-hydrogen) atoms. The average molecular weight is 337 g/mol. The molecule has 0 amide bonds. The highest BCUT2D eigenvalue weighted by Crippen LogP contribution is 2.34. The van der Waals surface area contributed by atoms with E-state index in [9.17, 15) is 0 Å². The van der Waals surface area contributed by atoms with Crippen molar-refractivity contribution in [3.8, 4) is 0 Å². The predicted octanol–water partition coefficient (Wildman–Crippen LogP) is 4.48. The van der Waals surface area contributed by atoms with Crippen LogP contribution in [0.4, 0.5) is 5.69 Å². The van der Waals surface area contributed by atoms with Gasteiger partial charge in [-0.25, -0.2) is 0 Å². The Morgan fingerprint density at radius 2 is 2.00 bits per heavy atom. The van der Waals surface area contributed by atoms with E-state index in [1.165, 1.54) is 60.8 Å². The molecule has 3 heteroatoms. The van der Waals surface area contributed by atoms with Crippen molar-refractivity contribution in [3.63, 3.8) is 0 Å². The van der Waals surface area contributed by atoms with Crippen LogP contribution in [-0.2, 0) is 0 Å². The number of nitrogens with one attached hydrogen (secondary N) is 2. The van der Waals surface area contributed by atoms with E-state index in [0.29, 0.717) is 6.04 Å². The Balaban J connectivity index is 1.68. The molecule has 2 N–H and O–H groups in total. The van der Waals surface area contributed by atoms with E-state index in [-0.39, 0.29) is 0 Å². The van der Waals surface area contributed by atoms with Gasteiger partial charge in [0.15, 0.2) is 0 Å². The maximum atomic E-state index is 3.80. The summed E-state index contributed by atoms with van der Waals surface area (Å²) >= 11 is 3.60. The molecule has 3 unspecified atom stereocenters. The first-order valence-electron chi connectivity index (χ1n) is 7.99. The van der Waals surface area contributed by atoms with Crippen LogP contribution in [0.25, 0.3) is 0 Å². The Bertz CT molecular complexity index is 434. The molecule has 1 saturated carbocycles. The van der Waals surface area contributed by atoms with Crippen LogP contribution in [0.1, 0.15) is 44.1 Å². The number of aryl methyl sites for hydroxylation is 1. The summed E-state index contributed by atoms with van der Waals surface area (Å²) in [5.74, 6) is 0.801. The Kier molecular flexibility index (Phi) is 4.67. The molecule has 1 heterocycles. The van der Waals surface area contributed by atoms with E-state index < -0.39 is 0 Å². The molecule has 1 saturated heterocycles. The Morgan fingerprint density at radius 1 is 1.10 bits per heavy atom. The van der Waals surface area contributed by atoms with Gasteiger partial charge in [0.2, 0.25) is 0 Å². The van der Waals surface area contributed by atoms with Crippen molar-refractivity contribution in [2.24, 2.45) is 5.92 Å². The van der Waals surface area contributed by atoms with Gasteiger partial charge in [0.1, 0.15) is 0 Å². The van der Waals surface area contributed by atoms with E-state index in [0.717, 1.165) is 12.0 Å². The lowest BCUT2D eigenvalue weighted by atomic mass is 9.88. The lowest BCUT2D eigenvalue weighted by Gasteiger charge is -2.33. The minimum Gasteiger partial charge on any atom is -0.382 e. The summed E-state index contributed by atoms with van der Waals surface area (Å²) in [7, 11) is 0. The van der Waals surface area contributed by atoms with Crippen molar-refractivity contribution in [1.29, 1.82) is 0 Å². The topological polar surface area (TPSA) is 24.1 Å². The van der Waals surface area contributed by atoms with E-state index in [1.54, 1.807) is 0 Å². The summed E-state index contributed by atoms with van der Waals surface area (Å²) in [6.07, 6.45) is 8.17. The zero-order valence-electron chi connectivity index (χ0n) is 12.3. The highest BCUT2D eigenvalue weighted by atomic mass is 79.9. The molecule has 1 aliphatic carbocycles. The molecule has 1 aromatic carbocycles. The van der Waals surface area contributed by atoms with Gasteiger partial charge in [-0.1, -0.05) is 28.8 Å². The van der Waals surface area contributed by atoms with Crippen LogP contribution in [0.2, 0.25) is 0 Å². The molecular weight excluding hydrogens is 312 g/mol. The van der Waals surface area contributed by atoms with Gasteiger partial charge in [-0.05, 0) is 68.8 Å². The lowest BCUT2D eigenvalue weighted by molar-refractivity contribution is 0.286. The number of anilines is 1. The quantitative estimate of drug-likeness (QED) is 0.850. The van der Waals surface area contributed by atoms with Crippen LogP contribution in [-0.4, -0.2) is 18.6 Å². The molecule has 3 rings (SSSR count). The summed E-state index contributed by atoms with van der Waals surface area (Å²) in [6.45, 7) is 3.37. The SMILES string of the molecule is Cc1cc(Br)cc(NC2CCCC2C2CCCCN2)c1. The highest BCUT2D eigenvalue weighted by Gasteiger charge is 2.34. The predicted molar refractivity (Wildman–Crippen MR) is 89.3 cm³/mol. The van der Waals surface area contributed by atoms with Gasteiger partial charge in [0.25, 0.3) is 0 Å². The summed E-state index contributed by atoms with van der Waals surface area (Å²) in [6, 6.07) is 8.00.